The van der Waals surface area contributed by atoms with Crippen molar-refractivity contribution in [3.63, 3.8) is 0 Å². The Kier molecular flexibility index (Phi) is 6.30. The van der Waals surface area contributed by atoms with E-state index in [1.165, 1.54) is 19.2 Å². The first-order valence-corrected chi connectivity index (χ1v) is 6.25. The van der Waals surface area contributed by atoms with Gasteiger partial charge in [-0.3, -0.25) is 10.1 Å². The van der Waals surface area contributed by atoms with Crippen LogP contribution in [0.4, 0.5) is 11.4 Å². The summed E-state index contributed by atoms with van der Waals surface area (Å²) in [6.07, 6.45) is 0. The molecule has 0 unspecified atom stereocenters. The summed E-state index contributed by atoms with van der Waals surface area (Å²) in [5.41, 5.74) is 0.157. The number of rotatable bonds is 7. The molecule has 0 heterocycles. The van der Waals surface area contributed by atoms with E-state index in [0.29, 0.717) is 18.8 Å². The standard InChI is InChI=1S/C11H14Cl2N2O4/c1-19-5-3-14(2-4-16)10-6-8(12)9(13)7-11(10)15(17)18/h6-7,16H,2-5H2,1H3. The number of anilines is 1. The molecule has 0 bridgehead atoms. The predicted octanol–water partition coefficient (Wildman–Crippen LogP) is 2.35. The molecule has 0 saturated carbocycles. The summed E-state index contributed by atoms with van der Waals surface area (Å²) in [6.45, 7) is 0.872. The molecule has 1 rings (SSSR count). The molecule has 0 aliphatic heterocycles. The molecular weight excluding hydrogens is 295 g/mol. The number of aliphatic hydroxyl groups is 1. The molecule has 0 saturated heterocycles. The molecule has 0 aromatic heterocycles. The van der Waals surface area contributed by atoms with Crippen LogP contribution in [0.15, 0.2) is 12.1 Å². The molecular formula is C11H14Cl2N2O4. The largest absolute Gasteiger partial charge is 0.395 e. The predicted molar refractivity (Wildman–Crippen MR) is 74.3 cm³/mol. The van der Waals surface area contributed by atoms with Crippen molar-refractivity contribution < 1.29 is 14.8 Å². The Balaban J connectivity index is 3.19. The lowest BCUT2D eigenvalue weighted by Gasteiger charge is -2.23. The van der Waals surface area contributed by atoms with Gasteiger partial charge >= 0.3 is 0 Å². The number of methoxy groups -OCH3 is 1. The second-order valence-electron chi connectivity index (χ2n) is 3.72. The second-order valence-corrected chi connectivity index (χ2v) is 4.53. The summed E-state index contributed by atoms with van der Waals surface area (Å²) in [6, 6.07) is 2.63. The Morgan fingerprint density at radius 2 is 2.00 bits per heavy atom. The number of nitro benzene ring substituents is 1. The van der Waals surface area contributed by atoms with Gasteiger partial charge in [0.05, 0.1) is 28.2 Å². The fourth-order valence-electron chi connectivity index (χ4n) is 1.60. The van der Waals surface area contributed by atoms with Crippen LogP contribution in [0, 0.1) is 10.1 Å². The zero-order valence-electron chi connectivity index (χ0n) is 10.3. The number of hydrogen-bond donors (Lipinski definition) is 1. The van der Waals surface area contributed by atoms with E-state index >= 15 is 0 Å². The molecule has 0 fully saturated rings. The first kappa shape index (κ1) is 16.0. The summed E-state index contributed by atoms with van der Waals surface area (Å²) < 4.78 is 4.94. The summed E-state index contributed by atoms with van der Waals surface area (Å²) >= 11 is 11.7. The Bertz CT molecular complexity index is 457. The number of nitrogens with zero attached hydrogens (tertiary/aromatic N) is 2. The normalized spacial score (nSPS) is 10.5. The molecule has 0 atom stereocenters. The highest BCUT2D eigenvalue weighted by molar-refractivity contribution is 6.42. The van der Waals surface area contributed by atoms with Crippen LogP contribution in [0.1, 0.15) is 0 Å². The lowest BCUT2D eigenvalue weighted by atomic mass is 10.2. The van der Waals surface area contributed by atoms with Gasteiger partial charge in [0.2, 0.25) is 0 Å². The van der Waals surface area contributed by atoms with Gasteiger partial charge in [0.1, 0.15) is 5.69 Å². The van der Waals surface area contributed by atoms with E-state index in [1.807, 2.05) is 0 Å². The average molecular weight is 309 g/mol. The van der Waals surface area contributed by atoms with Crippen LogP contribution in [-0.4, -0.2) is 43.4 Å². The van der Waals surface area contributed by atoms with Gasteiger partial charge in [-0.25, -0.2) is 0 Å². The van der Waals surface area contributed by atoms with Gasteiger partial charge in [-0.15, -0.1) is 0 Å². The van der Waals surface area contributed by atoms with Crippen molar-refractivity contribution in [3.8, 4) is 0 Å². The van der Waals surface area contributed by atoms with Crippen LogP contribution < -0.4 is 4.90 Å². The van der Waals surface area contributed by atoms with Crippen molar-refractivity contribution in [3.05, 3.63) is 32.3 Å². The maximum atomic E-state index is 11.1. The SMILES string of the molecule is COCCN(CCO)c1cc(Cl)c(Cl)cc1[N+](=O)[O-]. The van der Waals surface area contributed by atoms with E-state index in [4.69, 9.17) is 33.0 Å². The number of halogens is 2. The minimum absolute atomic E-state index is 0.118. The second kappa shape index (κ2) is 7.49. The fourth-order valence-corrected chi connectivity index (χ4v) is 1.92. The van der Waals surface area contributed by atoms with Gasteiger partial charge in [0.25, 0.3) is 5.69 Å². The zero-order chi connectivity index (χ0) is 14.4. The highest BCUT2D eigenvalue weighted by Crippen LogP contribution is 2.36. The van der Waals surface area contributed by atoms with E-state index in [2.05, 4.69) is 0 Å². The van der Waals surface area contributed by atoms with E-state index in [-0.39, 0.29) is 28.9 Å². The quantitative estimate of drug-likeness (QED) is 0.618. The molecule has 0 radical (unpaired) electrons. The number of aliphatic hydroxyl groups excluding tert-OH is 1. The first-order valence-electron chi connectivity index (χ1n) is 5.49. The number of nitro groups is 1. The Morgan fingerprint density at radius 3 is 2.53 bits per heavy atom. The van der Waals surface area contributed by atoms with Gasteiger partial charge in [-0.2, -0.15) is 0 Å². The molecule has 0 aliphatic carbocycles. The molecule has 8 heteroatoms. The third-order valence-electron chi connectivity index (χ3n) is 2.49. The van der Waals surface area contributed by atoms with Gasteiger partial charge in [0.15, 0.2) is 0 Å². The maximum Gasteiger partial charge on any atom is 0.294 e. The van der Waals surface area contributed by atoms with Gasteiger partial charge in [0, 0.05) is 26.3 Å². The van der Waals surface area contributed by atoms with E-state index in [9.17, 15) is 10.1 Å². The Hall–Kier alpha value is -1.08. The van der Waals surface area contributed by atoms with E-state index in [0.717, 1.165) is 0 Å². The molecule has 1 aromatic rings. The van der Waals surface area contributed by atoms with E-state index < -0.39 is 4.92 Å². The zero-order valence-corrected chi connectivity index (χ0v) is 11.8. The third kappa shape index (κ3) is 4.21. The van der Waals surface area contributed by atoms with Crippen LogP contribution in [-0.2, 0) is 4.74 Å². The summed E-state index contributed by atoms with van der Waals surface area (Å²) in [5.74, 6) is 0. The molecule has 1 N–H and O–H groups in total. The maximum absolute atomic E-state index is 11.1. The highest BCUT2D eigenvalue weighted by Gasteiger charge is 2.21. The van der Waals surface area contributed by atoms with Gasteiger partial charge in [-0.05, 0) is 6.07 Å². The van der Waals surface area contributed by atoms with Crippen LogP contribution in [0.5, 0.6) is 0 Å². The molecule has 6 nitrogen and oxygen atoms in total. The topological polar surface area (TPSA) is 75.8 Å². The summed E-state index contributed by atoms with van der Waals surface area (Å²) in [5, 5.41) is 20.4. The van der Waals surface area contributed by atoms with E-state index in [1.54, 1.807) is 4.90 Å². The fraction of sp³-hybridized carbons (Fsp3) is 0.455. The third-order valence-corrected chi connectivity index (χ3v) is 3.21. The summed E-state index contributed by atoms with van der Waals surface area (Å²) in [7, 11) is 1.53. The summed E-state index contributed by atoms with van der Waals surface area (Å²) in [4.78, 5) is 12.1. The molecule has 1 aromatic carbocycles. The number of hydrogen-bond acceptors (Lipinski definition) is 5. The Morgan fingerprint density at radius 1 is 1.37 bits per heavy atom. The lowest BCUT2D eigenvalue weighted by molar-refractivity contribution is -0.384. The van der Waals surface area contributed by atoms with Crippen LogP contribution >= 0.6 is 23.2 Å². The molecule has 0 amide bonds. The van der Waals surface area contributed by atoms with Crippen molar-refractivity contribution in [1.29, 1.82) is 0 Å². The minimum atomic E-state index is -0.533. The molecule has 0 aliphatic rings. The van der Waals surface area contributed by atoms with Crippen molar-refractivity contribution in [2.24, 2.45) is 0 Å². The number of ether oxygens (including phenoxy) is 1. The van der Waals surface area contributed by atoms with Crippen LogP contribution in [0.2, 0.25) is 10.0 Å². The van der Waals surface area contributed by atoms with Crippen molar-refractivity contribution >= 4 is 34.6 Å². The van der Waals surface area contributed by atoms with Crippen LogP contribution in [0.25, 0.3) is 0 Å². The van der Waals surface area contributed by atoms with Gasteiger partial charge in [-0.1, -0.05) is 23.2 Å². The monoisotopic (exact) mass is 308 g/mol. The van der Waals surface area contributed by atoms with Crippen LogP contribution in [0.3, 0.4) is 0 Å². The van der Waals surface area contributed by atoms with Crippen molar-refractivity contribution in [1.82, 2.24) is 0 Å². The average Bonchev–Trinajstić information content (AvgIpc) is 2.37. The molecule has 19 heavy (non-hydrogen) atoms. The molecule has 0 spiro atoms. The smallest absolute Gasteiger partial charge is 0.294 e. The highest BCUT2D eigenvalue weighted by atomic mass is 35.5. The van der Waals surface area contributed by atoms with Crippen molar-refractivity contribution in [2.75, 3.05) is 38.3 Å². The minimum Gasteiger partial charge on any atom is -0.395 e. The lowest BCUT2D eigenvalue weighted by Crippen LogP contribution is -2.30. The number of benzene rings is 1. The Labute approximate surface area is 120 Å². The van der Waals surface area contributed by atoms with Gasteiger partial charge < -0.3 is 14.7 Å². The van der Waals surface area contributed by atoms with Crippen molar-refractivity contribution in [2.45, 2.75) is 0 Å². The molecule has 106 valence electrons. The first-order chi connectivity index (χ1) is 9.01.